The van der Waals surface area contributed by atoms with Crippen molar-refractivity contribution in [2.24, 2.45) is 0 Å². The minimum atomic E-state index is -2.89. The average molecular weight is 413 g/mol. The van der Waals surface area contributed by atoms with Gasteiger partial charge in [-0.15, -0.1) is 0 Å². The predicted molar refractivity (Wildman–Crippen MR) is 106 cm³/mol. The third-order valence-corrected chi connectivity index (χ3v) is 3.59. The van der Waals surface area contributed by atoms with Gasteiger partial charge in [0.15, 0.2) is 12.4 Å². The Labute approximate surface area is 170 Å². The molecule has 0 bridgehead atoms. The lowest BCUT2D eigenvalue weighted by Gasteiger charge is -2.07. The fraction of sp³-hybridized carbons (Fsp3) is 0.100. The van der Waals surface area contributed by atoms with Crippen LogP contribution in [-0.2, 0) is 16.1 Å². The van der Waals surface area contributed by atoms with Crippen LogP contribution in [0.25, 0.3) is 6.08 Å². The summed E-state index contributed by atoms with van der Waals surface area (Å²) in [5.41, 5.74) is 7.05. The number of ether oxygens (including phenoxy) is 2. The Kier molecular flexibility index (Phi) is 6.83. The van der Waals surface area contributed by atoms with Crippen molar-refractivity contribution in [3.8, 4) is 5.75 Å². The van der Waals surface area contributed by atoms with Crippen molar-refractivity contribution in [3.63, 3.8) is 0 Å². The molecular formula is C20H17F2N5O3. The zero-order valence-corrected chi connectivity index (χ0v) is 15.5. The van der Waals surface area contributed by atoms with Crippen LogP contribution in [-0.4, -0.2) is 27.5 Å². The Hall–Kier alpha value is -4.08. The molecule has 0 aliphatic heterocycles. The molecule has 10 heteroatoms. The van der Waals surface area contributed by atoms with E-state index in [2.05, 4.69) is 25.0 Å². The Bertz CT molecular complexity index is 1010. The average Bonchev–Trinajstić information content (AvgIpc) is 2.72. The molecule has 3 N–H and O–H groups in total. The molecule has 0 aliphatic rings. The lowest BCUT2D eigenvalue weighted by molar-refractivity contribution is -0.139. The molecule has 0 spiro atoms. The highest BCUT2D eigenvalue weighted by Crippen LogP contribution is 2.16. The number of halogens is 2. The summed E-state index contributed by atoms with van der Waals surface area (Å²) in [5, 5.41) is 2.98. The molecule has 0 radical (unpaired) electrons. The van der Waals surface area contributed by atoms with E-state index >= 15 is 0 Å². The summed E-state index contributed by atoms with van der Waals surface area (Å²) in [7, 11) is 0. The lowest BCUT2D eigenvalue weighted by atomic mass is 10.2. The third kappa shape index (κ3) is 6.51. The molecule has 1 heterocycles. The molecule has 0 unspecified atom stereocenters. The summed E-state index contributed by atoms with van der Waals surface area (Å²) in [4.78, 5) is 24.0. The number of nitrogens with two attached hydrogens (primary N) is 1. The minimum Gasteiger partial charge on any atom is -0.454 e. The van der Waals surface area contributed by atoms with Crippen LogP contribution in [0.4, 0.5) is 26.4 Å². The van der Waals surface area contributed by atoms with Gasteiger partial charge in [0, 0.05) is 11.8 Å². The van der Waals surface area contributed by atoms with Gasteiger partial charge >= 0.3 is 12.6 Å². The minimum absolute atomic E-state index is 0.0175. The molecular weight excluding hydrogens is 396 g/mol. The van der Waals surface area contributed by atoms with Crippen LogP contribution in [0.2, 0.25) is 0 Å². The first-order chi connectivity index (χ1) is 14.5. The second-order valence-electron chi connectivity index (χ2n) is 5.81. The number of rotatable bonds is 8. The molecule has 30 heavy (non-hydrogen) atoms. The van der Waals surface area contributed by atoms with Gasteiger partial charge in [0.25, 0.3) is 0 Å². The van der Waals surface area contributed by atoms with Crippen molar-refractivity contribution < 1.29 is 23.0 Å². The Morgan fingerprint density at radius 2 is 1.80 bits per heavy atom. The van der Waals surface area contributed by atoms with E-state index < -0.39 is 12.6 Å². The fourth-order valence-corrected chi connectivity index (χ4v) is 2.32. The van der Waals surface area contributed by atoms with Gasteiger partial charge in [0.2, 0.25) is 11.9 Å². The normalized spacial score (nSPS) is 10.9. The Morgan fingerprint density at radius 3 is 2.50 bits per heavy atom. The number of aromatic nitrogens is 3. The molecule has 154 valence electrons. The second kappa shape index (κ2) is 9.92. The van der Waals surface area contributed by atoms with E-state index in [4.69, 9.17) is 10.5 Å². The molecule has 0 fully saturated rings. The van der Waals surface area contributed by atoms with Crippen molar-refractivity contribution in [2.45, 2.75) is 13.2 Å². The maximum Gasteiger partial charge on any atom is 0.387 e. The highest BCUT2D eigenvalue weighted by atomic mass is 19.3. The zero-order valence-electron chi connectivity index (χ0n) is 15.5. The van der Waals surface area contributed by atoms with E-state index in [-0.39, 0.29) is 30.1 Å². The highest BCUT2D eigenvalue weighted by molar-refractivity contribution is 5.87. The van der Waals surface area contributed by atoms with Crippen LogP contribution in [0.5, 0.6) is 5.75 Å². The summed E-state index contributed by atoms with van der Waals surface area (Å²) in [6, 6.07) is 15.0. The van der Waals surface area contributed by atoms with Crippen LogP contribution in [0.1, 0.15) is 11.4 Å². The van der Waals surface area contributed by atoms with Gasteiger partial charge in [-0.05, 0) is 35.9 Å². The first kappa shape index (κ1) is 20.6. The topological polar surface area (TPSA) is 112 Å². The summed E-state index contributed by atoms with van der Waals surface area (Å²) in [5.74, 6) is -0.231. The molecule has 0 saturated carbocycles. The van der Waals surface area contributed by atoms with Crippen LogP contribution >= 0.6 is 0 Å². The number of para-hydroxylation sites is 1. The van der Waals surface area contributed by atoms with E-state index in [1.54, 1.807) is 0 Å². The van der Waals surface area contributed by atoms with E-state index in [9.17, 15) is 13.6 Å². The molecule has 3 rings (SSSR count). The molecule has 0 saturated heterocycles. The second-order valence-corrected chi connectivity index (χ2v) is 5.81. The van der Waals surface area contributed by atoms with Gasteiger partial charge in [0.05, 0.1) is 0 Å². The number of carbonyl (C=O) groups is 1. The number of alkyl halides is 2. The predicted octanol–water partition coefficient (Wildman–Crippen LogP) is 3.56. The fourth-order valence-electron chi connectivity index (χ4n) is 2.32. The quantitative estimate of drug-likeness (QED) is 0.426. The number of benzene rings is 2. The molecule has 8 nitrogen and oxygen atoms in total. The van der Waals surface area contributed by atoms with Crippen molar-refractivity contribution in [1.82, 2.24) is 15.0 Å². The number of nitrogens with zero attached hydrogens (tertiary/aromatic N) is 3. The van der Waals surface area contributed by atoms with Crippen molar-refractivity contribution in [2.75, 3.05) is 11.1 Å². The lowest BCUT2D eigenvalue weighted by Crippen LogP contribution is -2.10. The first-order valence-corrected chi connectivity index (χ1v) is 8.70. The molecule has 1 aromatic heterocycles. The highest BCUT2D eigenvalue weighted by Gasteiger charge is 2.08. The van der Waals surface area contributed by atoms with Crippen LogP contribution in [0.3, 0.4) is 0 Å². The van der Waals surface area contributed by atoms with Crippen LogP contribution < -0.4 is 15.8 Å². The van der Waals surface area contributed by atoms with E-state index in [0.717, 1.165) is 5.69 Å². The summed E-state index contributed by atoms with van der Waals surface area (Å²) in [6.45, 7) is -3.10. The number of hydrogen-bond donors (Lipinski definition) is 2. The number of nitrogen functional groups attached to an aromatic ring is 1. The van der Waals surface area contributed by atoms with Crippen LogP contribution in [0.15, 0.2) is 60.7 Å². The third-order valence-electron chi connectivity index (χ3n) is 3.59. The van der Waals surface area contributed by atoms with Gasteiger partial charge in [-0.2, -0.15) is 23.7 Å². The molecule has 0 atom stereocenters. The number of anilines is 3. The van der Waals surface area contributed by atoms with Gasteiger partial charge in [-0.3, -0.25) is 0 Å². The maximum atomic E-state index is 12.1. The summed E-state index contributed by atoms with van der Waals surface area (Å²) in [6.07, 6.45) is 2.66. The van der Waals surface area contributed by atoms with Gasteiger partial charge in [-0.1, -0.05) is 30.3 Å². The van der Waals surface area contributed by atoms with Crippen molar-refractivity contribution in [1.29, 1.82) is 0 Å². The van der Waals surface area contributed by atoms with Gasteiger partial charge in [-0.25, -0.2) is 4.79 Å². The standard InChI is InChI=1S/C20H17F2N5O3/c21-18(22)30-15-9-6-13(7-10-15)8-11-17(28)29-12-16-25-19(23)27-20(26-16)24-14-4-2-1-3-5-14/h1-11,18H,12H2,(H3,23,24,25,26,27)/b11-8+. The van der Waals surface area contributed by atoms with E-state index in [0.29, 0.717) is 5.56 Å². The van der Waals surface area contributed by atoms with Crippen molar-refractivity contribution in [3.05, 3.63) is 72.1 Å². The Morgan fingerprint density at radius 1 is 1.07 bits per heavy atom. The number of nitrogens with one attached hydrogen (secondary N) is 1. The smallest absolute Gasteiger partial charge is 0.387 e. The Balaban J connectivity index is 1.55. The molecule has 0 amide bonds. The number of hydrogen-bond acceptors (Lipinski definition) is 8. The van der Waals surface area contributed by atoms with Gasteiger partial charge in [0.1, 0.15) is 5.75 Å². The zero-order chi connectivity index (χ0) is 21.3. The monoisotopic (exact) mass is 413 g/mol. The number of esters is 1. The molecule has 0 aliphatic carbocycles. The summed E-state index contributed by atoms with van der Waals surface area (Å²) < 4.78 is 33.6. The van der Waals surface area contributed by atoms with Crippen molar-refractivity contribution >= 4 is 29.6 Å². The SMILES string of the molecule is Nc1nc(COC(=O)/C=C/c2ccc(OC(F)F)cc2)nc(Nc2ccccc2)n1. The van der Waals surface area contributed by atoms with E-state index in [1.807, 2.05) is 30.3 Å². The summed E-state index contributed by atoms with van der Waals surface area (Å²) >= 11 is 0. The maximum absolute atomic E-state index is 12.1. The molecule has 2 aromatic carbocycles. The van der Waals surface area contributed by atoms with E-state index in [1.165, 1.54) is 36.4 Å². The number of carbonyl (C=O) groups excluding carboxylic acids is 1. The van der Waals surface area contributed by atoms with Crippen LogP contribution in [0, 0.1) is 0 Å². The molecule has 3 aromatic rings. The van der Waals surface area contributed by atoms with Gasteiger partial charge < -0.3 is 20.5 Å². The first-order valence-electron chi connectivity index (χ1n) is 8.70. The largest absolute Gasteiger partial charge is 0.454 e.